The van der Waals surface area contributed by atoms with Gasteiger partial charge in [0.1, 0.15) is 0 Å². The Morgan fingerprint density at radius 2 is 1.93 bits per heavy atom. The molecule has 0 aromatic rings. The summed E-state index contributed by atoms with van der Waals surface area (Å²) in [5.41, 5.74) is 2.10. The van der Waals surface area contributed by atoms with Gasteiger partial charge in [0.2, 0.25) is 0 Å². The molecule has 0 saturated carbocycles. The molecule has 88 valence electrons. The molecule has 1 atom stereocenters. The van der Waals surface area contributed by atoms with Crippen LogP contribution in [-0.2, 0) is 0 Å². The van der Waals surface area contributed by atoms with Crippen molar-refractivity contribution in [3.8, 4) is 0 Å². The second kappa shape index (κ2) is 11.3. The highest BCUT2D eigenvalue weighted by molar-refractivity contribution is 5.29. The Bertz CT molecular complexity index is 201. The first kappa shape index (κ1) is 16.6. The van der Waals surface area contributed by atoms with Crippen LogP contribution < -0.4 is 0 Å². The largest absolute Gasteiger partial charge is 0.393 e. The first-order chi connectivity index (χ1) is 7.11. The maximum absolute atomic E-state index is 9.58. The summed E-state index contributed by atoms with van der Waals surface area (Å²) < 4.78 is 0. The highest BCUT2D eigenvalue weighted by atomic mass is 16.3. The standard InChI is InChI=1S/C12H20O.C2H6/c1-5-7-11(10(3)4)9-12(13)8-6-2;1-2/h5,7,12-13H,1,3,6,8-9H2,2,4H3;1-2H3/b11-7-;. The number of hydrogen-bond donors (Lipinski definition) is 1. The van der Waals surface area contributed by atoms with Crippen molar-refractivity contribution in [2.45, 2.75) is 53.1 Å². The SMILES string of the molecule is C=C/C=C(/CC(O)CCC)C(=C)C.CC. The van der Waals surface area contributed by atoms with Crippen LogP contribution in [0.4, 0.5) is 0 Å². The van der Waals surface area contributed by atoms with E-state index >= 15 is 0 Å². The average molecular weight is 210 g/mol. The predicted molar refractivity (Wildman–Crippen MR) is 70.0 cm³/mol. The zero-order valence-electron chi connectivity index (χ0n) is 10.7. The summed E-state index contributed by atoms with van der Waals surface area (Å²) in [5.74, 6) is 0. The van der Waals surface area contributed by atoms with Gasteiger partial charge in [0.15, 0.2) is 0 Å². The molecule has 0 spiro atoms. The predicted octanol–water partition coefficient (Wildman–Crippen LogP) is 4.25. The minimum absolute atomic E-state index is 0.243. The summed E-state index contributed by atoms with van der Waals surface area (Å²) in [5, 5.41) is 9.58. The molecule has 0 aromatic carbocycles. The third-order valence-corrected chi connectivity index (χ3v) is 1.94. The van der Waals surface area contributed by atoms with Crippen molar-refractivity contribution in [3.05, 3.63) is 36.5 Å². The maximum atomic E-state index is 9.58. The summed E-state index contributed by atoms with van der Waals surface area (Å²) in [6.07, 6.45) is 5.97. The maximum Gasteiger partial charge on any atom is 0.0580 e. The fraction of sp³-hybridized carbons (Fsp3) is 0.571. The molecule has 0 heterocycles. The second-order valence-electron chi connectivity index (χ2n) is 3.35. The lowest BCUT2D eigenvalue weighted by Crippen LogP contribution is -2.07. The van der Waals surface area contributed by atoms with Gasteiger partial charge in [-0.25, -0.2) is 0 Å². The van der Waals surface area contributed by atoms with E-state index in [4.69, 9.17) is 0 Å². The lowest BCUT2D eigenvalue weighted by atomic mass is 9.99. The van der Waals surface area contributed by atoms with E-state index in [1.807, 2.05) is 26.8 Å². The molecule has 0 aliphatic carbocycles. The lowest BCUT2D eigenvalue weighted by Gasteiger charge is -2.11. The number of hydrogen-bond acceptors (Lipinski definition) is 1. The van der Waals surface area contributed by atoms with Gasteiger partial charge < -0.3 is 5.11 Å². The molecule has 0 fully saturated rings. The number of rotatable bonds is 6. The number of aliphatic hydroxyl groups excluding tert-OH is 1. The molecule has 0 saturated heterocycles. The number of allylic oxidation sites excluding steroid dienone is 3. The Kier molecular flexibility index (Phi) is 12.5. The summed E-state index contributed by atoms with van der Waals surface area (Å²) in [4.78, 5) is 0. The molecule has 0 aromatic heterocycles. The van der Waals surface area contributed by atoms with Crippen molar-refractivity contribution in [2.75, 3.05) is 0 Å². The van der Waals surface area contributed by atoms with E-state index in [0.29, 0.717) is 6.42 Å². The average Bonchev–Trinajstić information content (AvgIpc) is 2.20. The minimum atomic E-state index is -0.243. The van der Waals surface area contributed by atoms with Crippen LogP contribution in [0.25, 0.3) is 0 Å². The molecule has 0 radical (unpaired) electrons. The van der Waals surface area contributed by atoms with E-state index in [0.717, 1.165) is 24.0 Å². The molecular formula is C14H26O. The Morgan fingerprint density at radius 3 is 2.27 bits per heavy atom. The summed E-state index contributed by atoms with van der Waals surface area (Å²) in [6.45, 7) is 15.5. The fourth-order valence-electron chi connectivity index (χ4n) is 1.22. The van der Waals surface area contributed by atoms with Crippen LogP contribution in [0, 0.1) is 0 Å². The van der Waals surface area contributed by atoms with Gasteiger partial charge in [-0.05, 0) is 25.3 Å². The molecular weight excluding hydrogens is 184 g/mol. The van der Waals surface area contributed by atoms with Gasteiger partial charge in [0, 0.05) is 0 Å². The number of aliphatic hydroxyl groups is 1. The van der Waals surface area contributed by atoms with E-state index in [1.165, 1.54) is 0 Å². The summed E-state index contributed by atoms with van der Waals surface area (Å²) in [6, 6.07) is 0. The van der Waals surface area contributed by atoms with Crippen molar-refractivity contribution in [2.24, 2.45) is 0 Å². The van der Waals surface area contributed by atoms with Crippen molar-refractivity contribution < 1.29 is 5.11 Å². The van der Waals surface area contributed by atoms with Crippen molar-refractivity contribution in [1.82, 2.24) is 0 Å². The van der Waals surface area contributed by atoms with Gasteiger partial charge in [-0.1, -0.05) is 58.1 Å². The highest BCUT2D eigenvalue weighted by Gasteiger charge is 2.06. The molecule has 0 bridgehead atoms. The van der Waals surface area contributed by atoms with Gasteiger partial charge in [-0.15, -0.1) is 0 Å². The molecule has 1 heteroatoms. The van der Waals surface area contributed by atoms with E-state index < -0.39 is 0 Å². The molecule has 0 amide bonds. The Morgan fingerprint density at radius 1 is 1.40 bits per heavy atom. The molecule has 1 nitrogen and oxygen atoms in total. The fourth-order valence-corrected chi connectivity index (χ4v) is 1.22. The van der Waals surface area contributed by atoms with Crippen LogP contribution in [0.3, 0.4) is 0 Å². The molecule has 1 N–H and O–H groups in total. The molecule has 1 unspecified atom stereocenters. The zero-order valence-corrected chi connectivity index (χ0v) is 10.7. The van der Waals surface area contributed by atoms with Gasteiger partial charge in [-0.2, -0.15) is 0 Å². The molecule has 15 heavy (non-hydrogen) atoms. The van der Waals surface area contributed by atoms with Gasteiger partial charge in [0.25, 0.3) is 0 Å². The first-order valence-electron chi connectivity index (χ1n) is 5.77. The Hall–Kier alpha value is -0.820. The quantitative estimate of drug-likeness (QED) is 0.650. The topological polar surface area (TPSA) is 20.2 Å². The van der Waals surface area contributed by atoms with E-state index in [9.17, 15) is 5.11 Å². The van der Waals surface area contributed by atoms with E-state index in [1.54, 1.807) is 6.08 Å². The van der Waals surface area contributed by atoms with E-state index in [2.05, 4.69) is 20.1 Å². The lowest BCUT2D eigenvalue weighted by molar-refractivity contribution is 0.164. The van der Waals surface area contributed by atoms with Crippen molar-refractivity contribution in [3.63, 3.8) is 0 Å². The van der Waals surface area contributed by atoms with Crippen LogP contribution in [0.2, 0.25) is 0 Å². The third kappa shape index (κ3) is 9.48. The highest BCUT2D eigenvalue weighted by Crippen LogP contribution is 2.16. The van der Waals surface area contributed by atoms with Crippen LogP contribution in [-0.4, -0.2) is 11.2 Å². The second-order valence-corrected chi connectivity index (χ2v) is 3.35. The van der Waals surface area contributed by atoms with Crippen LogP contribution in [0.15, 0.2) is 36.5 Å². The molecule has 0 aliphatic heterocycles. The smallest absolute Gasteiger partial charge is 0.0580 e. The molecule has 0 aliphatic rings. The third-order valence-electron chi connectivity index (χ3n) is 1.94. The van der Waals surface area contributed by atoms with Gasteiger partial charge in [-0.3, -0.25) is 0 Å². The zero-order chi connectivity index (χ0) is 12.3. The Labute approximate surface area is 95.2 Å². The van der Waals surface area contributed by atoms with Crippen LogP contribution in [0.1, 0.15) is 47.0 Å². The summed E-state index contributed by atoms with van der Waals surface area (Å²) >= 11 is 0. The van der Waals surface area contributed by atoms with Crippen molar-refractivity contribution >= 4 is 0 Å². The summed E-state index contributed by atoms with van der Waals surface area (Å²) in [7, 11) is 0. The first-order valence-corrected chi connectivity index (χ1v) is 5.77. The van der Waals surface area contributed by atoms with Gasteiger partial charge in [0.05, 0.1) is 6.10 Å². The monoisotopic (exact) mass is 210 g/mol. The minimum Gasteiger partial charge on any atom is -0.393 e. The van der Waals surface area contributed by atoms with Crippen molar-refractivity contribution in [1.29, 1.82) is 0 Å². The molecule has 0 rings (SSSR count). The Balaban J connectivity index is 0. The van der Waals surface area contributed by atoms with E-state index in [-0.39, 0.29) is 6.10 Å². The van der Waals surface area contributed by atoms with Gasteiger partial charge >= 0.3 is 0 Å². The van der Waals surface area contributed by atoms with Crippen LogP contribution in [0.5, 0.6) is 0 Å². The van der Waals surface area contributed by atoms with Crippen LogP contribution >= 0.6 is 0 Å². The normalized spacial score (nSPS) is 12.5.